The van der Waals surface area contributed by atoms with E-state index >= 15 is 0 Å². The number of halogens is 3. The molecule has 0 amide bonds. The van der Waals surface area contributed by atoms with Crippen LogP contribution in [0.4, 0.5) is 8.78 Å². The van der Waals surface area contributed by atoms with Gasteiger partial charge >= 0.3 is 5.97 Å². The lowest BCUT2D eigenvalue weighted by Gasteiger charge is -2.43. The molecule has 0 aromatic heterocycles. The maximum atomic E-state index is 13.1. The molecular formula is C13H10BrF2NO2. The Kier molecular flexibility index (Phi) is 3.35. The molecule has 0 bridgehead atoms. The predicted octanol–water partition coefficient (Wildman–Crippen LogP) is 3.43. The highest BCUT2D eigenvalue weighted by atomic mass is 79.9. The van der Waals surface area contributed by atoms with Gasteiger partial charge in [0.25, 0.3) is 5.92 Å². The van der Waals surface area contributed by atoms with Crippen molar-refractivity contribution in [2.75, 3.05) is 7.11 Å². The van der Waals surface area contributed by atoms with E-state index in [1.165, 1.54) is 19.2 Å². The maximum Gasteiger partial charge on any atom is 0.338 e. The SMILES string of the molecule is COC(=O)c1ccc(Br)cc1C1(C#N)CC(F)(F)C1. The molecule has 2 rings (SSSR count). The Morgan fingerprint density at radius 3 is 2.58 bits per heavy atom. The van der Waals surface area contributed by atoms with Crippen molar-refractivity contribution >= 4 is 21.9 Å². The highest BCUT2D eigenvalue weighted by Crippen LogP contribution is 2.54. The van der Waals surface area contributed by atoms with Crippen LogP contribution in [0.1, 0.15) is 28.8 Å². The third kappa shape index (κ3) is 2.35. The first kappa shape index (κ1) is 13.9. The number of methoxy groups -OCH3 is 1. The van der Waals surface area contributed by atoms with Crippen molar-refractivity contribution in [3.63, 3.8) is 0 Å². The Balaban J connectivity index is 2.53. The fourth-order valence-corrected chi connectivity index (χ4v) is 2.72. The zero-order valence-electron chi connectivity index (χ0n) is 10.0. The van der Waals surface area contributed by atoms with Crippen molar-refractivity contribution in [2.24, 2.45) is 0 Å². The minimum atomic E-state index is -2.86. The summed E-state index contributed by atoms with van der Waals surface area (Å²) in [4.78, 5) is 11.7. The van der Waals surface area contributed by atoms with Crippen LogP contribution in [-0.4, -0.2) is 19.0 Å². The van der Waals surface area contributed by atoms with Gasteiger partial charge in [-0.25, -0.2) is 13.6 Å². The summed E-state index contributed by atoms with van der Waals surface area (Å²) in [6.45, 7) is 0. The molecule has 0 heterocycles. The number of rotatable bonds is 2. The number of alkyl halides is 2. The minimum Gasteiger partial charge on any atom is -0.465 e. The normalized spacial score (nSPS) is 19.1. The first-order chi connectivity index (χ1) is 8.83. The third-order valence-corrected chi connectivity index (χ3v) is 3.73. The number of nitriles is 1. The van der Waals surface area contributed by atoms with E-state index in [0.29, 0.717) is 10.0 Å². The van der Waals surface area contributed by atoms with Gasteiger partial charge in [-0.15, -0.1) is 0 Å². The molecule has 1 aromatic rings. The summed E-state index contributed by atoms with van der Waals surface area (Å²) in [5.41, 5.74) is -0.874. The third-order valence-electron chi connectivity index (χ3n) is 3.24. The second kappa shape index (κ2) is 4.57. The Bertz CT molecular complexity index is 572. The van der Waals surface area contributed by atoms with Gasteiger partial charge < -0.3 is 4.74 Å². The van der Waals surface area contributed by atoms with Gasteiger partial charge in [0.05, 0.1) is 24.2 Å². The number of hydrogen-bond donors (Lipinski definition) is 0. The zero-order valence-corrected chi connectivity index (χ0v) is 11.6. The number of hydrogen-bond acceptors (Lipinski definition) is 3. The van der Waals surface area contributed by atoms with Crippen LogP contribution in [0.25, 0.3) is 0 Å². The molecule has 1 fully saturated rings. The number of ether oxygens (including phenoxy) is 1. The molecule has 0 saturated heterocycles. The van der Waals surface area contributed by atoms with Gasteiger partial charge in [0.15, 0.2) is 0 Å². The Morgan fingerprint density at radius 1 is 1.47 bits per heavy atom. The van der Waals surface area contributed by atoms with E-state index in [1.54, 1.807) is 6.07 Å². The fourth-order valence-electron chi connectivity index (χ4n) is 2.36. The smallest absolute Gasteiger partial charge is 0.338 e. The summed E-state index contributed by atoms with van der Waals surface area (Å²) in [5.74, 6) is -3.49. The molecule has 6 heteroatoms. The predicted molar refractivity (Wildman–Crippen MR) is 67.0 cm³/mol. The van der Waals surface area contributed by atoms with Crippen molar-refractivity contribution in [1.29, 1.82) is 5.26 Å². The average molecular weight is 330 g/mol. The Morgan fingerprint density at radius 2 is 2.11 bits per heavy atom. The van der Waals surface area contributed by atoms with E-state index in [9.17, 15) is 18.8 Å². The molecule has 0 atom stereocenters. The van der Waals surface area contributed by atoms with E-state index in [4.69, 9.17) is 0 Å². The van der Waals surface area contributed by atoms with E-state index < -0.39 is 30.1 Å². The lowest BCUT2D eigenvalue weighted by atomic mass is 9.62. The van der Waals surface area contributed by atoms with Crippen LogP contribution in [0.2, 0.25) is 0 Å². The highest BCUT2D eigenvalue weighted by molar-refractivity contribution is 9.10. The summed E-state index contributed by atoms with van der Waals surface area (Å²) < 4.78 is 31.5. The summed E-state index contributed by atoms with van der Waals surface area (Å²) in [7, 11) is 1.21. The molecule has 0 aliphatic heterocycles. The Hall–Kier alpha value is -1.48. The summed E-state index contributed by atoms with van der Waals surface area (Å²) in [6.07, 6.45) is -1.14. The van der Waals surface area contributed by atoms with Crippen LogP contribution in [0.3, 0.4) is 0 Å². The fraction of sp³-hybridized carbons (Fsp3) is 0.385. The van der Waals surface area contributed by atoms with E-state index in [-0.39, 0.29) is 5.56 Å². The van der Waals surface area contributed by atoms with Gasteiger partial charge in [-0.1, -0.05) is 15.9 Å². The summed E-state index contributed by atoms with van der Waals surface area (Å²) in [6, 6.07) is 6.54. The summed E-state index contributed by atoms with van der Waals surface area (Å²) >= 11 is 3.22. The van der Waals surface area contributed by atoms with Crippen molar-refractivity contribution in [3.8, 4) is 6.07 Å². The van der Waals surface area contributed by atoms with Crippen LogP contribution >= 0.6 is 15.9 Å². The number of carbonyl (C=O) groups is 1. The van der Waals surface area contributed by atoms with E-state index in [2.05, 4.69) is 20.7 Å². The second-order valence-corrected chi connectivity index (χ2v) is 5.50. The number of esters is 1. The molecule has 3 nitrogen and oxygen atoms in total. The second-order valence-electron chi connectivity index (χ2n) is 4.58. The molecule has 0 spiro atoms. The van der Waals surface area contributed by atoms with Crippen LogP contribution in [0.15, 0.2) is 22.7 Å². The van der Waals surface area contributed by atoms with Crippen molar-refractivity contribution in [3.05, 3.63) is 33.8 Å². The minimum absolute atomic E-state index is 0.155. The standard InChI is InChI=1S/C13H10BrF2NO2/c1-19-11(18)9-3-2-8(14)4-10(9)12(7-17)5-13(15,16)6-12/h2-4H,5-6H2,1H3. The first-order valence-corrected chi connectivity index (χ1v) is 6.30. The van der Waals surface area contributed by atoms with Crippen molar-refractivity contribution in [1.82, 2.24) is 0 Å². The van der Waals surface area contributed by atoms with Gasteiger partial charge in [0.1, 0.15) is 0 Å². The van der Waals surface area contributed by atoms with Crippen LogP contribution in [0, 0.1) is 11.3 Å². The topological polar surface area (TPSA) is 50.1 Å². The van der Waals surface area contributed by atoms with E-state index in [1.807, 2.05) is 6.07 Å². The molecule has 19 heavy (non-hydrogen) atoms. The molecule has 1 aliphatic carbocycles. The number of nitrogens with zero attached hydrogens (tertiary/aromatic N) is 1. The average Bonchev–Trinajstić information content (AvgIpc) is 2.34. The van der Waals surface area contributed by atoms with E-state index in [0.717, 1.165) is 0 Å². The number of carbonyl (C=O) groups excluding carboxylic acids is 1. The molecule has 0 N–H and O–H groups in total. The highest BCUT2D eigenvalue weighted by Gasteiger charge is 2.59. The first-order valence-electron chi connectivity index (χ1n) is 5.51. The maximum absolute atomic E-state index is 13.1. The van der Waals surface area contributed by atoms with Crippen LogP contribution < -0.4 is 0 Å². The van der Waals surface area contributed by atoms with Crippen molar-refractivity contribution < 1.29 is 18.3 Å². The lowest BCUT2D eigenvalue weighted by molar-refractivity contribution is -0.109. The van der Waals surface area contributed by atoms with Crippen LogP contribution in [0.5, 0.6) is 0 Å². The quantitative estimate of drug-likeness (QED) is 0.781. The summed E-state index contributed by atoms with van der Waals surface area (Å²) in [5, 5.41) is 9.24. The molecule has 1 aromatic carbocycles. The Labute approximate surface area is 117 Å². The van der Waals surface area contributed by atoms with Gasteiger partial charge in [-0.3, -0.25) is 0 Å². The monoisotopic (exact) mass is 329 g/mol. The van der Waals surface area contributed by atoms with Gasteiger partial charge in [0.2, 0.25) is 0 Å². The van der Waals surface area contributed by atoms with Crippen molar-refractivity contribution in [2.45, 2.75) is 24.2 Å². The van der Waals surface area contributed by atoms with Gasteiger partial charge in [-0.05, 0) is 23.8 Å². The molecule has 1 aliphatic rings. The lowest BCUT2D eigenvalue weighted by Crippen LogP contribution is -2.49. The largest absolute Gasteiger partial charge is 0.465 e. The molecule has 1 saturated carbocycles. The molecule has 0 radical (unpaired) electrons. The zero-order chi connectivity index (χ0) is 14.3. The molecular weight excluding hydrogens is 320 g/mol. The number of benzene rings is 1. The van der Waals surface area contributed by atoms with Gasteiger partial charge in [0, 0.05) is 17.3 Å². The van der Waals surface area contributed by atoms with Crippen LogP contribution in [-0.2, 0) is 10.2 Å². The van der Waals surface area contributed by atoms with Gasteiger partial charge in [-0.2, -0.15) is 5.26 Å². The molecule has 100 valence electrons. The molecule has 0 unspecified atom stereocenters.